The fourth-order valence-electron chi connectivity index (χ4n) is 2.24. The highest BCUT2D eigenvalue weighted by Gasteiger charge is 2.33. The molecule has 3 heteroatoms. The van der Waals surface area contributed by atoms with Gasteiger partial charge < -0.3 is 10.8 Å². The van der Waals surface area contributed by atoms with Crippen LogP contribution in [-0.4, -0.2) is 17.1 Å². The Morgan fingerprint density at radius 1 is 1.41 bits per heavy atom. The molecule has 3 nitrogen and oxygen atoms in total. The number of carbonyl (C=O) groups is 1. The number of nitrogens with two attached hydrogens (primary N) is 1. The molecule has 1 aromatic carbocycles. The molecule has 1 unspecified atom stereocenters. The second-order valence-electron chi connectivity index (χ2n) is 5.04. The third kappa shape index (κ3) is 3.30. The SMILES string of the molecule is CC(=O)O.CC1(C)c2ccccc2CCC1N. The normalized spacial score (nSPS) is 20.8. The molecule has 17 heavy (non-hydrogen) atoms. The Morgan fingerprint density at radius 2 is 1.94 bits per heavy atom. The van der Waals surface area contributed by atoms with E-state index in [1.165, 1.54) is 11.1 Å². The lowest BCUT2D eigenvalue weighted by Crippen LogP contribution is -2.44. The van der Waals surface area contributed by atoms with Gasteiger partial charge in [-0.1, -0.05) is 38.1 Å². The maximum Gasteiger partial charge on any atom is 0.300 e. The van der Waals surface area contributed by atoms with E-state index in [4.69, 9.17) is 15.6 Å². The molecule has 1 aliphatic rings. The van der Waals surface area contributed by atoms with Crippen LogP contribution in [0, 0.1) is 0 Å². The quantitative estimate of drug-likeness (QED) is 0.725. The van der Waals surface area contributed by atoms with Crippen molar-refractivity contribution in [3.63, 3.8) is 0 Å². The summed E-state index contributed by atoms with van der Waals surface area (Å²) in [6, 6.07) is 8.98. The highest BCUT2D eigenvalue weighted by atomic mass is 16.4. The molecule has 0 fully saturated rings. The molecule has 0 aromatic heterocycles. The molecular formula is C14H21NO2. The van der Waals surface area contributed by atoms with Gasteiger partial charge in [0, 0.05) is 18.4 Å². The summed E-state index contributed by atoms with van der Waals surface area (Å²) in [6.07, 6.45) is 2.25. The molecule has 0 saturated heterocycles. The number of fused-ring (bicyclic) bond motifs is 1. The Balaban J connectivity index is 0.000000317. The molecule has 1 aromatic rings. The van der Waals surface area contributed by atoms with E-state index in [-0.39, 0.29) is 5.41 Å². The van der Waals surface area contributed by atoms with Gasteiger partial charge in [-0.05, 0) is 24.0 Å². The van der Waals surface area contributed by atoms with Gasteiger partial charge in [0.05, 0.1) is 0 Å². The first kappa shape index (κ1) is 13.7. The van der Waals surface area contributed by atoms with E-state index in [1.807, 2.05) is 0 Å². The fourth-order valence-corrected chi connectivity index (χ4v) is 2.24. The Bertz CT molecular complexity index is 395. The van der Waals surface area contributed by atoms with Crippen LogP contribution in [0.4, 0.5) is 0 Å². The van der Waals surface area contributed by atoms with Crippen molar-refractivity contribution in [1.82, 2.24) is 0 Å². The van der Waals surface area contributed by atoms with Crippen LogP contribution in [0.25, 0.3) is 0 Å². The molecule has 2 rings (SSSR count). The van der Waals surface area contributed by atoms with Gasteiger partial charge in [0.25, 0.3) is 5.97 Å². The monoisotopic (exact) mass is 235 g/mol. The van der Waals surface area contributed by atoms with Crippen molar-refractivity contribution in [3.05, 3.63) is 35.4 Å². The molecule has 0 aliphatic heterocycles. The van der Waals surface area contributed by atoms with Crippen LogP contribution in [0.3, 0.4) is 0 Å². The van der Waals surface area contributed by atoms with Gasteiger partial charge in [0.15, 0.2) is 0 Å². The van der Waals surface area contributed by atoms with Crippen LogP contribution in [0.5, 0.6) is 0 Å². The zero-order valence-corrected chi connectivity index (χ0v) is 10.7. The van der Waals surface area contributed by atoms with Gasteiger partial charge in [0.1, 0.15) is 0 Å². The zero-order chi connectivity index (χ0) is 13.1. The minimum Gasteiger partial charge on any atom is -0.481 e. The van der Waals surface area contributed by atoms with E-state index in [2.05, 4.69) is 38.1 Å². The van der Waals surface area contributed by atoms with Crippen molar-refractivity contribution >= 4 is 5.97 Å². The maximum absolute atomic E-state index is 9.00. The zero-order valence-electron chi connectivity index (χ0n) is 10.7. The Hall–Kier alpha value is -1.35. The second-order valence-corrected chi connectivity index (χ2v) is 5.04. The molecule has 0 bridgehead atoms. The predicted molar refractivity (Wildman–Crippen MR) is 69.1 cm³/mol. The molecule has 0 heterocycles. The van der Waals surface area contributed by atoms with E-state index >= 15 is 0 Å². The number of benzene rings is 1. The summed E-state index contributed by atoms with van der Waals surface area (Å²) >= 11 is 0. The number of aryl methyl sites for hydroxylation is 1. The first-order valence-corrected chi connectivity index (χ1v) is 5.89. The summed E-state index contributed by atoms with van der Waals surface area (Å²) in [6.45, 7) is 5.57. The van der Waals surface area contributed by atoms with Crippen LogP contribution >= 0.6 is 0 Å². The standard InChI is InChI=1S/C12H17N.C2H4O2/c1-12(2)10-6-4-3-5-9(10)7-8-11(12)13;1-2(3)4/h3-6,11H,7-8,13H2,1-2H3;1H3,(H,3,4). The molecule has 1 atom stereocenters. The molecule has 94 valence electrons. The minimum absolute atomic E-state index is 0.148. The van der Waals surface area contributed by atoms with Crippen molar-refractivity contribution in [2.75, 3.05) is 0 Å². The van der Waals surface area contributed by atoms with Crippen molar-refractivity contribution in [1.29, 1.82) is 0 Å². The smallest absolute Gasteiger partial charge is 0.300 e. The maximum atomic E-state index is 9.00. The number of carboxylic acid groups (broad SMARTS) is 1. The van der Waals surface area contributed by atoms with Gasteiger partial charge in [-0.3, -0.25) is 4.79 Å². The average Bonchev–Trinajstić information content (AvgIpc) is 2.24. The first-order valence-electron chi connectivity index (χ1n) is 5.89. The van der Waals surface area contributed by atoms with Crippen LogP contribution in [0.2, 0.25) is 0 Å². The fraction of sp³-hybridized carbons (Fsp3) is 0.500. The molecule has 0 radical (unpaired) electrons. The largest absolute Gasteiger partial charge is 0.481 e. The third-order valence-electron chi connectivity index (χ3n) is 3.36. The molecule has 0 saturated carbocycles. The van der Waals surface area contributed by atoms with Crippen molar-refractivity contribution in [3.8, 4) is 0 Å². The van der Waals surface area contributed by atoms with Gasteiger partial charge in [-0.25, -0.2) is 0 Å². The van der Waals surface area contributed by atoms with Gasteiger partial charge in [-0.2, -0.15) is 0 Å². The highest BCUT2D eigenvalue weighted by molar-refractivity contribution is 5.62. The van der Waals surface area contributed by atoms with Crippen LogP contribution < -0.4 is 5.73 Å². The Labute approximate surface area is 103 Å². The summed E-state index contributed by atoms with van der Waals surface area (Å²) < 4.78 is 0. The minimum atomic E-state index is -0.833. The van der Waals surface area contributed by atoms with Crippen LogP contribution in [0.1, 0.15) is 38.3 Å². The number of carboxylic acids is 1. The molecule has 3 N–H and O–H groups in total. The summed E-state index contributed by atoms with van der Waals surface area (Å²) in [5.41, 5.74) is 9.19. The van der Waals surface area contributed by atoms with E-state index in [9.17, 15) is 0 Å². The number of aliphatic carboxylic acids is 1. The van der Waals surface area contributed by atoms with Crippen molar-refractivity contribution < 1.29 is 9.90 Å². The van der Waals surface area contributed by atoms with E-state index in [0.29, 0.717) is 6.04 Å². The summed E-state index contributed by atoms with van der Waals surface area (Å²) in [5, 5.41) is 7.42. The highest BCUT2D eigenvalue weighted by Crippen LogP contribution is 2.35. The second kappa shape index (κ2) is 5.32. The number of rotatable bonds is 0. The van der Waals surface area contributed by atoms with E-state index in [0.717, 1.165) is 19.8 Å². The van der Waals surface area contributed by atoms with Gasteiger partial charge in [0.2, 0.25) is 0 Å². The lowest BCUT2D eigenvalue weighted by molar-refractivity contribution is -0.134. The van der Waals surface area contributed by atoms with Crippen LogP contribution in [-0.2, 0) is 16.6 Å². The van der Waals surface area contributed by atoms with Gasteiger partial charge >= 0.3 is 0 Å². The summed E-state index contributed by atoms with van der Waals surface area (Å²) in [5.74, 6) is -0.833. The Morgan fingerprint density at radius 3 is 2.53 bits per heavy atom. The number of hydrogen-bond donors (Lipinski definition) is 2. The predicted octanol–water partition coefficient (Wildman–Crippen LogP) is 2.33. The van der Waals surface area contributed by atoms with E-state index in [1.54, 1.807) is 0 Å². The molecule has 1 aliphatic carbocycles. The van der Waals surface area contributed by atoms with Crippen molar-refractivity contribution in [2.24, 2.45) is 5.73 Å². The Kier molecular flexibility index (Phi) is 4.29. The molecular weight excluding hydrogens is 214 g/mol. The number of hydrogen-bond acceptors (Lipinski definition) is 2. The van der Waals surface area contributed by atoms with Crippen LogP contribution in [0.15, 0.2) is 24.3 Å². The third-order valence-corrected chi connectivity index (χ3v) is 3.36. The molecule has 0 spiro atoms. The topological polar surface area (TPSA) is 63.3 Å². The van der Waals surface area contributed by atoms with Crippen molar-refractivity contribution in [2.45, 2.75) is 45.1 Å². The first-order chi connectivity index (χ1) is 7.85. The average molecular weight is 235 g/mol. The summed E-state index contributed by atoms with van der Waals surface area (Å²) in [7, 11) is 0. The lowest BCUT2D eigenvalue weighted by Gasteiger charge is -2.38. The molecule has 0 amide bonds. The lowest BCUT2D eigenvalue weighted by atomic mass is 9.70. The summed E-state index contributed by atoms with van der Waals surface area (Å²) in [4.78, 5) is 9.00. The van der Waals surface area contributed by atoms with E-state index < -0.39 is 5.97 Å². The van der Waals surface area contributed by atoms with Gasteiger partial charge in [-0.15, -0.1) is 0 Å².